The van der Waals surface area contributed by atoms with Crippen LogP contribution in [0.25, 0.3) is 16.5 Å². The summed E-state index contributed by atoms with van der Waals surface area (Å²) in [6.07, 6.45) is 2.46. The Hall–Kier alpha value is -3.71. The van der Waals surface area contributed by atoms with Crippen LogP contribution in [-0.2, 0) is 36.9 Å². The molecular formula is C21H19N3O11S3. The van der Waals surface area contributed by atoms with Gasteiger partial charge in [0, 0.05) is 17.5 Å². The Labute approximate surface area is 216 Å². The minimum absolute atomic E-state index is 0.0483. The Bertz CT molecular complexity index is 1860. The normalized spacial score (nSPS) is 13.3. The van der Waals surface area contributed by atoms with Crippen LogP contribution >= 0.6 is 0 Å². The maximum Gasteiger partial charge on any atom is 0.298 e. The summed E-state index contributed by atoms with van der Waals surface area (Å²) in [5.74, 6) is -2.19. The van der Waals surface area contributed by atoms with Crippen molar-refractivity contribution in [1.29, 1.82) is 0 Å². The van der Waals surface area contributed by atoms with Crippen molar-refractivity contribution in [3.05, 3.63) is 66.3 Å². The van der Waals surface area contributed by atoms with Gasteiger partial charge in [-0.3, -0.25) is 13.7 Å². The predicted octanol–water partition coefficient (Wildman–Crippen LogP) is 2.76. The highest BCUT2D eigenvalue weighted by Crippen LogP contribution is 2.45. The predicted molar refractivity (Wildman–Crippen MR) is 134 cm³/mol. The van der Waals surface area contributed by atoms with Crippen LogP contribution in [0.4, 0.5) is 5.69 Å². The van der Waals surface area contributed by atoms with Gasteiger partial charge in [0.2, 0.25) is 0 Å². The lowest BCUT2D eigenvalue weighted by Crippen LogP contribution is -2.04. The zero-order valence-electron chi connectivity index (χ0n) is 18.9. The second kappa shape index (κ2) is 10.2. The molecule has 202 valence electrons. The molecule has 0 atom stereocenters. The van der Waals surface area contributed by atoms with E-state index in [1.165, 1.54) is 18.2 Å². The Kier molecular flexibility index (Phi) is 7.76. The molecule has 38 heavy (non-hydrogen) atoms. The molecule has 0 heterocycles. The van der Waals surface area contributed by atoms with Crippen molar-refractivity contribution in [2.45, 2.75) is 21.2 Å². The average Bonchev–Trinajstić information content (AvgIpc) is 2.80. The summed E-state index contributed by atoms with van der Waals surface area (Å²) in [6.45, 7) is 3.39. The Morgan fingerprint density at radius 1 is 0.868 bits per heavy atom. The van der Waals surface area contributed by atoms with Crippen molar-refractivity contribution in [2.75, 3.05) is 0 Å². The third kappa shape index (κ3) is 5.73. The zero-order chi connectivity index (χ0) is 28.6. The van der Waals surface area contributed by atoms with Gasteiger partial charge in [-0.25, -0.2) is 0 Å². The van der Waals surface area contributed by atoms with Crippen LogP contribution in [0, 0.1) is 0 Å². The first-order chi connectivity index (χ1) is 17.5. The van der Waals surface area contributed by atoms with Crippen LogP contribution in [0.15, 0.2) is 80.0 Å². The van der Waals surface area contributed by atoms with Gasteiger partial charge in [0.05, 0.1) is 21.7 Å². The topological polar surface area (TPSA) is 254 Å². The molecule has 0 bridgehead atoms. The van der Waals surface area contributed by atoms with Crippen molar-refractivity contribution in [3.8, 4) is 11.5 Å². The molecule has 0 aliphatic rings. The number of allylic oxidation sites excluding steroid dienone is 2. The monoisotopic (exact) mass is 585 g/mol. The number of hydrogen-bond acceptors (Lipinski definition) is 11. The van der Waals surface area contributed by atoms with Crippen molar-refractivity contribution in [1.82, 2.24) is 0 Å². The molecule has 0 spiro atoms. The van der Waals surface area contributed by atoms with Crippen LogP contribution < -0.4 is 5.73 Å². The first kappa shape index (κ1) is 28.9. The SMILES string of the molecule is C=C/C=C(/N=Nc1cc(S(=O)(=O)O)c(O)c2ccc(S(=O)(=O)O)c(O)c12)c1cc(S(=O)(=O)O)ccc1CN. The highest BCUT2D eigenvalue weighted by atomic mass is 32.2. The number of phenols is 2. The van der Waals surface area contributed by atoms with Crippen LogP contribution in [0.5, 0.6) is 11.5 Å². The van der Waals surface area contributed by atoms with E-state index in [4.69, 9.17) is 5.73 Å². The molecule has 0 saturated heterocycles. The molecule has 7 N–H and O–H groups in total. The standard InChI is InChI=1S/C21H19N3O11S3/c1-2-3-15(14-8-12(36(27,28)29)5-4-11(14)10-22)23-24-16-9-18(38(33,34)35)20(25)13-6-7-17(37(30,31)32)21(26)19(13)16/h2-9,25-26H,1,10,22H2,(H,27,28,29)(H,30,31,32)(H,33,34,35)/b15-3+,24-23?. The van der Waals surface area contributed by atoms with Gasteiger partial charge < -0.3 is 15.9 Å². The third-order valence-corrected chi connectivity index (χ3v) is 7.73. The first-order valence-electron chi connectivity index (χ1n) is 10.0. The minimum Gasteiger partial charge on any atom is -0.506 e. The van der Waals surface area contributed by atoms with Gasteiger partial charge in [0.1, 0.15) is 21.3 Å². The number of phenolic OH excluding ortho intramolecular Hbond substituents is 2. The van der Waals surface area contributed by atoms with E-state index in [-0.39, 0.29) is 17.8 Å². The fraction of sp³-hybridized carbons (Fsp3) is 0.0476. The van der Waals surface area contributed by atoms with Gasteiger partial charge in [0.15, 0.2) is 0 Å². The molecule has 17 heteroatoms. The number of fused-ring (bicyclic) bond motifs is 1. The van der Waals surface area contributed by atoms with Crippen molar-refractivity contribution < 1.29 is 49.1 Å². The second-order valence-corrected chi connectivity index (χ2v) is 11.7. The van der Waals surface area contributed by atoms with Gasteiger partial charge in [-0.1, -0.05) is 18.7 Å². The van der Waals surface area contributed by atoms with E-state index in [0.717, 1.165) is 18.2 Å². The maximum atomic E-state index is 11.8. The molecule has 0 saturated carbocycles. The van der Waals surface area contributed by atoms with E-state index in [1.807, 2.05) is 0 Å². The van der Waals surface area contributed by atoms with Gasteiger partial charge in [-0.05, 0) is 42.0 Å². The van der Waals surface area contributed by atoms with E-state index < -0.39 is 73.0 Å². The average molecular weight is 586 g/mol. The highest BCUT2D eigenvalue weighted by Gasteiger charge is 2.26. The summed E-state index contributed by atoms with van der Waals surface area (Å²) in [4.78, 5) is -2.59. The lowest BCUT2D eigenvalue weighted by atomic mass is 10.0. The summed E-state index contributed by atoms with van der Waals surface area (Å²) in [5.41, 5.74) is 5.36. The second-order valence-electron chi connectivity index (χ2n) is 7.51. The fourth-order valence-electron chi connectivity index (χ4n) is 3.44. The summed E-state index contributed by atoms with van der Waals surface area (Å²) < 4.78 is 98.7. The number of hydrogen-bond donors (Lipinski definition) is 6. The molecule has 3 aromatic rings. The van der Waals surface area contributed by atoms with Gasteiger partial charge in [-0.2, -0.15) is 25.3 Å². The molecule has 0 radical (unpaired) electrons. The van der Waals surface area contributed by atoms with E-state index >= 15 is 0 Å². The molecule has 14 nitrogen and oxygen atoms in total. The summed E-state index contributed by atoms with van der Waals surface area (Å²) in [7, 11) is -14.7. The van der Waals surface area contributed by atoms with Crippen molar-refractivity contribution in [2.24, 2.45) is 16.0 Å². The Morgan fingerprint density at radius 2 is 1.50 bits per heavy atom. The number of azo groups is 1. The number of nitrogens with zero attached hydrogens (tertiary/aromatic N) is 2. The highest BCUT2D eigenvalue weighted by molar-refractivity contribution is 7.86. The van der Waals surface area contributed by atoms with Crippen LogP contribution in [-0.4, -0.2) is 49.1 Å². The molecule has 0 aliphatic heterocycles. The van der Waals surface area contributed by atoms with Gasteiger partial charge in [0.25, 0.3) is 30.4 Å². The fourth-order valence-corrected chi connectivity index (χ4v) is 5.15. The van der Waals surface area contributed by atoms with E-state index in [0.29, 0.717) is 17.7 Å². The van der Waals surface area contributed by atoms with E-state index in [2.05, 4.69) is 16.8 Å². The largest absolute Gasteiger partial charge is 0.506 e. The quantitative estimate of drug-likeness (QED) is 0.127. The molecular weight excluding hydrogens is 566 g/mol. The molecule has 0 aliphatic carbocycles. The molecule has 0 unspecified atom stereocenters. The number of benzene rings is 3. The third-order valence-electron chi connectivity index (χ3n) is 5.13. The van der Waals surface area contributed by atoms with Gasteiger partial charge in [-0.15, -0.1) is 10.2 Å². The molecule has 0 amide bonds. The number of nitrogens with two attached hydrogens (primary N) is 1. The number of rotatable bonds is 8. The molecule has 3 aromatic carbocycles. The summed E-state index contributed by atoms with van der Waals surface area (Å²) in [6, 6.07) is 5.51. The van der Waals surface area contributed by atoms with Crippen LogP contribution in [0.3, 0.4) is 0 Å². The minimum atomic E-state index is -5.08. The smallest absolute Gasteiger partial charge is 0.298 e. The lowest BCUT2D eigenvalue weighted by Gasteiger charge is -2.12. The first-order valence-corrected chi connectivity index (χ1v) is 14.3. The van der Waals surface area contributed by atoms with Crippen LogP contribution in [0.2, 0.25) is 0 Å². The molecule has 0 aromatic heterocycles. The summed E-state index contributed by atoms with van der Waals surface area (Å²) >= 11 is 0. The Balaban J connectivity index is 2.40. The lowest BCUT2D eigenvalue weighted by molar-refractivity contribution is 0.441. The maximum absolute atomic E-state index is 11.8. The zero-order valence-corrected chi connectivity index (χ0v) is 21.4. The van der Waals surface area contributed by atoms with E-state index in [1.54, 1.807) is 0 Å². The van der Waals surface area contributed by atoms with Gasteiger partial charge >= 0.3 is 0 Å². The Morgan fingerprint density at radius 3 is 2.03 bits per heavy atom. The molecule has 3 rings (SSSR count). The van der Waals surface area contributed by atoms with Crippen molar-refractivity contribution >= 4 is 52.5 Å². The van der Waals surface area contributed by atoms with Crippen LogP contribution in [0.1, 0.15) is 11.1 Å². The van der Waals surface area contributed by atoms with Crippen molar-refractivity contribution in [3.63, 3.8) is 0 Å². The molecule has 0 fully saturated rings. The number of aromatic hydroxyl groups is 2. The van der Waals surface area contributed by atoms with E-state index in [9.17, 15) is 49.1 Å². The summed E-state index contributed by atoms with van der Waals surface area (Å²) in [5, 5.41) is 27.7.